The molecular weight excluding hydrogens is 404 g/mol. The molecule has 8 nitrogen and oxygen atoms in total. The predicted molar refractivity (Wildman–Crippen MR) is 110 cm³/mol. The molecule has 0 atom stereocenters. The summed E-state index contributed by atoms with van der Waals surface area (Å²) in [6.45, 7) is 8.35. The third kappa shape index (κ3) is 7.96. The van der Waals surface area contributed by atoms with Crippen LogP contribution in [-0.4, -0.2) is 51.5 Å². The number of rotatable bonds is 16. The molecule has 162 valence electrons. The molecule has 28 heavy (non-hydrogen) atoms. The van der Waals surface area contributed by atoms with E-state index in [0.29, 0.717) is 13.2 Å². The molecule has 0 aliphatic heterocycles. The summed E-state index contributed by atoms with van der Waals surface area (Å²) in [6, 6.07) is 9.41. The van der Waals surface area contributed by atoms with Crippen LogP contribution in [0, 0.1) is 0 Å². The van der Waals surface area contributed by atoms with Gasteiger partial charge in [-0.2, -0.15) is 0 Å². The third-order valence-electron chi connectivity index (χ3n) is 3.58. The summed E-state index contributed by atoms with van der Waals surface area (Å²) in [5.74, 6) is 0.754. The van der Waals surface area contributed by atoms with Crippen LogP contribution in [0.1, 0.15) is 27.7 Å². The Hall–Kier alpha value is -0.720. The van der Waals surface area contributed by atoms with Gasteiger partial charge in [0.2, 0.25) is 0 Å². The molecule has 0 heterocycles. The van der Waals surface area contributed by atoms with Crippen molar-refractivity contribution in [3.63, 3.8) is 0 Å². The molecule has 0 fully saturated rings. The Morgan fingerprint density at radius 3 is 1.71 bits per heavy atom. The van der Waals surface area contributed by atoms with Gasteiger partial charge in [-0.3, -0.25) is 9.13 Å². The van der Waals surface area contributed by atoms with Gasteiger partial charge >= 0.3 is 15.2 Å². The first-order chi connectivity index (χ1) is 13.5. The second-order valence-corrected chi connectivity index (χ2v) is 10.4. The highest BCUT2D eigenvalue weighted by atomic mass is 31.2. The minimum atomic E-state index is -3.73. The van der Waals surface area contributed by atoms with Crippen LogP contribution in [0.15, 0.2) is 30.3 Å². The van der Waals surface area contributed by atoms with Gasteiger partial charge in [0.15, 0.2) is 5.40 Å². The van der Waals surface area contributed by atoms with Crippen molar-refractivity contribution in [2.75, 3.05) is 46.1 Å². The van der Waals surface area contributed by atoms with E-state index in [1.807, 2.05) is 30.3 Å². The average molecular weight is 437 g/mol. The third-order valence-corrected chi connectivity index (χ3v) is 9.58. The first-order valence-electron chi connectivity index (χ1n) is 9.61. The lowest BCUT2D eigenvalue weighted by Gasteiger charge is -2.31. The highest BCUT2D eigenvalue weighted by Gasteiger charge is 2.50. The number of benzene rings is 1. The van der Waals surface area contributed by atoms with Crippen molar-refractivity contribution in [2.24, 2.45) is 0 Å². The molecule has 1 rings (SSSR count). The zero-order chi connectivity index (χ0) is 20.9. The Morgan fingerprint density at radius 1 is 0.821 bits per heavy atom. The number of ether oxygens (including phenoxy) is 1. The van der Waals surface area contributed by atoms with E-state index in [4.69, 9.17) is 22.8 Å². The van der Waals surface area contributed by atoms with Gasteiger partial charge in [0.25, 0.3) is 0 Å². The minimum Gasteiger partial charge on any atom is -0.492 e. The zero-order valence-electron chi connectivity index (χ0n) is 17.2. The standard InChI is InChI=1S/C18H33NO7P2/c1-5-23-27(20,24-6-2)18(28(21,25-7-3)26-8-4)16-19-14-15-22-17-12-10-9-11-13-17/h9-13,18-19H,5-8,14-16H2,1-4H3. The van der Waals surface area contributed by atoms with E-state index in [1.165, 1.54) is 0 Å². The van der Waals surface area contributed by atoms with E-state index in [-0.39, 0.29) is 33.0 Å². The number of hydrogen-bond donors (Lipinski definition) is 1. The molecule has 0 saturated heterocycles. The summed E-state index contributed by atoms with van der Waals surface area (Å²) in [4.78, 5) is 0. The minimum absolute atomic E-state index is 0.0761. The van der Waals surface area contributed by atoms with E-state index in [1.54, 1.807) is 27.7 Å². The number of nitrogens with one attached hydrogen (secondary N) is 1. The van der Waals surface area contributed by atoms with Crippen molar-refractivity contribution in [3.8, 4) is 5.75 Å². The SMILES string of the molecule is CCOP(=O)(OCC)C(CNCCOc1ccccc1)P(=O)(OCC)OCC. The van der Waals surface area contributed by atoms with Crippen LogP contribution in [0.3, 0.4) is 0 Å². The van der Waals surface area contributed by atoms with E-state index in [9.17, 15) is 9.13 Å². The molecule has 0 amide bonds. The Balaban J connectivity index is 2.84. The normalized spacial score (nSPS) is 12.5. The maximum atomic E-state index is 13.3. The van der Waals surface area contributed by atoms with E-state index < -0.39 is 20.6 Å². The van der Waals surface area contributed by atoms with Crippen molar-refractivity contribution < 1.29 is 32.0 Å². The van der Waals surface area contributed by atoms with Gasteiger partial charge in [0.1, 0.15) is 12.4 Å². The smallest absolute Gasteiger partial charge is 0.347 e. The molecule has 0 spiro atoms. The Labute approximate surface area is 168 Å². The molecule has 0 aromatic heterocycles. The van der Waals surface area contributed by atoms with Gasteiger partial charge in [-0.15, -0.1) is 0 Å². The monoisotopic (exact) mass is 437 g/mol. The largest absolute Gasteiger partial charge is 0.492 e. The topological polar surface area (TPSA) is 92.3 Å². The van der Waals surface area contributed by atoms with Crippen molar-refractivity contribution in [1.29, 1.82) is 0 Å². The van der Waals surface area contributed by atoms with Gasteiger partial charge in [0, 0.05) is 13.1 Å². The summed E-state index contributed by atoms with van der Waals surface area (Å²) < 4.78 is 54.0. The van der Waals surface area contributed by atoms with Gasteiger partial charge in [-0.05, 0) is 39.8 Å². The number of hydrogen-bond acceptors (Lipinski definition) is 8. The maximum absolute atomic E-state index is 13.3. The summed E-state index contributed by atoms with van der Waals surface area (Å²) >= 11 is 0. The Morgan fingerprint density at radius 2 is 1.29 bits per heavy atom. The lowest BCUT2D eigenvalue weighted by molar-refractivity contribution is 0.194. The summed E-state index contributed by atoms with van der Waals surface area (Å²) in [7, 11) is -7.47. The molecular formula is C18H33NO7P2. The fourth-order valence-electron chi connectivity index (χ4n) is 2.52. The summed E-state index contributed by atoms with van der Waals surface area (Å²) in [5, 5.41) is 2.04. The van der Waals surface area contributed by atoms with Crippen LogP contribution in [0.5, 0.6) is 5.75 Å². The molecule has 10 heteroatoms. The highest BCUT2D eigenvalue weighted by molar-refractivity contribution is 7.72. The molecule has 0 bridgehead atoms. The highest BCUT2D eigenvalue weighted by Crippen LogP contribution is 2.70. The molecule has 1 N–H and O–H groups in total. The fraction of sp³-hybridized carbons (Fsp3) is 0.667. The zero-order valence-corrected chi connectivity index (χ0v) is 19.0. The molecule has 0 aliphatic rings. The van der Waals surface area contributed by atoms with Gasteiger partial charge in [-0.1, -0.05) is 18.2 Å². The Kier molecular flexibility index (Phi) is 12.2. The molecule has 0 saturated carbocycles. The van der Waals surface area contributed by atoms with Crippen molar-refractivity contribution in [2.45, 2.75) is 33.1 Å². The van der Waals surface area contributed by atoms with Gasteiger partial charge < -0.3 is 28.1 Å². The lowest BCUT2D eigenvalue weighted by Crippen LogP contribution is -2.32. The van der Waals surface area contributed by atoms with Gasteiger partial charge in [0.05, 0.1) is 26.4 Å². The molecule has 0 aliphatic carbocycles. The van der Waals surface area contributed by atoms with Crippen LogP contribution < -0.4 is 10.1 Å². The second kappa shape index (κ2) is 13.5. The summed E-state index contributed by atoms with van der Waals surface area (Å²) in [5.41, 5.74) is 0. The maximum Gasteiger partial charge on any atom is 0.347 e. The molecule has 1 aromatic carbocycles. The van der Waals surface area contributed by atoms with E-state index >= 15 is 0 Å². The first kappa shape index (κ1) is 25.3. The lowest BCUT2D eigenvalue weighted by atomic mass is 10.3. The molecule has 0 radical (unpaired) electrons. The van der Waals surface area contributed by atoms with E-state index in [0.717, 1.165) is 5.75 Å². The van der Waals surface area contributed by atoms with Crippen molar-refractivity contribution >= 4 is 15.2 Å². The quantitative estimate of drug-likeness (QED) is 0.298. The average Bonchev–Trinajstić information content (AvgIpc) is 2.66. The predicted octanol–water partition coefficient (Wildman–Crippen LogP) is 4.51. The summed E-state index contributed by atoms with van der Waals surface area (Å²) in [6.07, 6.45) is 0. The molecule has 1 aromatic rings. The van der Waals surface area contributed by atoms with Crippen LogP contribution in [0.25, 0.3) is 0 Å². The second-order valence-electron chi connectivity index (χ2n) is 5.60. The van der Waals surface area contributed by atoms with Gasteiger partial charge in [-0.25, -0.2) is 0 Å². The van der Waals surface area contributed by atoms with Crippen molar-refractivity contribution in [3.05, 3.63) is 30.3 Å². The van der Waals surface area contributed by atoms with E-state index in [2.05, 4.69) is 5.32 Å². The molecule has 0 unspecified atom stereocenters. The Bertz CT molecular complexity index is 580. The van der Waals surface area contributed by atoms with Crippen LogP contribution in [0.4, 0.5) is 0 Å². The van der Waals surface area contributed by atoms with Crippen LogP contribution >= 0.6 is 15.2 Å². The fourth-order valence-corrected chi connectivity index (χ4v) is 7.69. The van der Waals surface area contributed by atoms with Crippen LogP contribution in [0.2, 0.25) is 0 Å². The van der Waals surface area contributed by atoms with Crippen LogP contribution in [-0.2, 0) is 27.2 Å². The number of para-hydroxylation sites is 1. The van der Waals surface area contributed by atoms with Crippen molar-refractivity contribution in [1.82, 2.24) is 5.32 Å². The first-order valence-corrected chi connectivity index (χ1v) is 12.8.